The van der Waals surface area contributed by atoms with Crippen LogP contribution >= 0.6 is 11.6 Å². The van der Waals surface area contributed by atoms with Crippen LogP contribution in [0.5, 0.6) is 5.75 Å². The Labute approximate surface area is 137 Å². The molecule has 1 aliphatic rings. The van der Waals surface area contributed by atoms with Gasteiger partial charge in [-0.2, -0.15) is 4.31 Å². The zero-order valence-electron chi connectivity index (χ0n) is 11.9. The Balaban J connectivity index is 2.44. The van der Waals surface area contributed by atoms with Gasteiger partial charge in [-0.3, -0.25) is 9.59 Å². The van der Waals surface area contributed by atoms with Crippen LogP contribution in [0.25, 0.3) is 0 Å². The highest BCUT2D eigenvalue weighted by Gasteiger charge is 2.40. The number of hydrogen-bond donors (Lipinski definition) is 2. The summed E-state index contributed by atoms with van der Waals surface area (Å²) in [6.07, 6.45) is 0.668. The van der Waals surface area contributed by atoms with Crippen molar-refractivity contribution in [1.29, 1.82) is 0 Å². The number of ether oxygens (including phenoxy) is 1. The number of amides is 1. The van der Waals surface area contributed by atoms with Crippen LogP contribution < -0.4 is 10.5 Å². The predicted molar refractivity (Wildman–Crippen MR) is 80.7 cm³/mol. The van der Waals surface area contributed by atoms with E-state index in [4.69, 9.17) is 27.2 Å². The lowest BCUT2D eigenvalue weighted by molar-refractivity contribution is -0.140. The highest BCUT2D eigenvalue weighted by Crippen LogP contribution is 2.33. The van der Waals surface area contributed by atoms with Crippen molar-refractivity contribution in [3.05, 3.63) is 23.2 Å². The number of aliphatic carboxylic acids is 1. The molecule has 8 nitrogen and oxygen atoms in total. The lowest BCUT2D eigenvalue weighted by Crippen LogP contribution is -2.40. The van der Waals surface area contributed by atoms with Gasteiger partial charge in [0.25, 0.3) is 5.91 Å². The number of nitrogens with zero attached hydrogens (tertiary/aromatic N) is 1. The van der Waals surface area contributed by atoms with Gasteiger partial charge in [0.05, 0.1) is 0 Å². The Hall–Kier alpha value is -1.84. The average Bonchev–Trinajstić information content (AvgIpc) is 2.96. The van der Waals surface area contributed by atoms with E-state index in [1.54, 1.807) is 0 Å². The van der Waals surface area contributed by atoms with E-state index in [9.17, 15) is 18.0 Å². The van der Waals surface area contributed by atoms with Gasteiger partial charge in [-0.05, 0) is 31.0 Å². The van der Waals surface area contributed by atoms with Crippen molar-refractivity contribution in [3.63, 3.8) is 0 Å². The second-order valence-corrected chi connectivity index (χ2v) is 7.25. The van der Waals surface area contributed by atoms with Crippen molar-refractivity contribution >= 4 is 33.5 Å². The van der Waals surface area contributed by atoms with E-state index >= 15 is 0 Å². The monoisotopic (exact) mass is 362 g/mol. The summed E-state index contributed by atoms with van der Waals surface area (Å²) >= 11 is 5.84. The number of sulfonamides is 1. The number of benzene rings is 1. The normalized spacial score (nSPS) is 18.7. The molecule has 1 atom stereocenters. The van der Waals surface area contributed by atoms with Crippen molar-refractivity contribution in [2.45, 2.75) is 23.8 Å². The van der Waals surface area contributed by atoms with E-state index in [0.717, 1.165) is 10.4 Å². The Morgan fingerprint density at radius 1 is 1.43 bits per heavy atom. The summed E-state index contributed by atoms with van der Waals surface area (Å²) in [5.41, 5.74) is 4.99. The first-order valence-corrected chi connectivity index (χ1v) is 8.50. The molecule has 2 rings (SSSR count). The summed E-state index contributed by atoms with van der Waals surface area (Å²) in [7, 11) is -4.14. The molecular formula is C13H15ClN2O6S. The van der Waals surface area contributed by atoms with Crippen LogP contribution in [0.1, 0.15) is 12.8 Å². The molecule has 23 heavy (non-hydrogen) atoms. The number of carbonyl (C=O) groups is 2. The molecule has 0 spiro atoms. The Kier molecular flexibility index (Phi) is 5.12. The number of carbonyl (C=O) groups excluding carboxylic acids is 1. The topological polar surface area (TPSA) is 127 Å². The molecule has 1 aliphatic heterocycles. The maximum atomic E-state index is 12.8. The fourth-order valence-electron chi connectivity index (χ4n) is 2.35. The van der Waals surface area contributed by atoms with E-state index in [2.05, 4.69) is 0 Å². The van der Waals surface area contributed by atoms with Crippen molar-refractivity contribution in [2.75, 3.05) is 13.2 Å². The number of rotatable bonds is 6. The lowest BCUT2D eigenvalue weighted by Gasteiger charge is -2.22. The number of primary amides is 1. The molecule has 1 saturated heterocycles. The van der Waals surface area contributed by atoms with Crippen molar-refractivity contribution in [1.82, 2.24) is 4.31 Å². The molecule has 3 N–H and O–H groups in total. The zero-order chi connectivity index (χ0) is 17.2. The van der Waals surface area contributed by atoms with Crippen LogP contribution in [0, 0.1) is 0 Å². The Morgan fingerprint density at radius 3 is 2.74 bits per heavy atom. The second kappa shape index (κ2) is 6.73. The number of hydrogen-bond acceptors (Lipinski definition) is 5. The summed E-state index contributed by atoms with van der Waals surface area (Å²) < 4.78 is 31.6. The quantitative estimate of drug-likeness (QED) is 0.756. The fourth-order valence-corrected chi connectivity index (χ4v) is 4.40. The van der Waals surface area contributed by atoms with Gasteiger partial charge in [0.15, 0.2) is 6.61 Å². The summed E-state index contributed by atoms with van der Waals surface area (Å²) in [4.78, 5) is 21.8. The smallest absolute Gasteiger partial charge is 0.322 e. The molecule has 1 heterocycles. The molecule has 0 aliphatic carbocycles. The molecule has 0 aromatic heterocycles. The van der Waals surface area contributed by atoms with Gasteiger partial charge in [-0.1, -0.05) is 11.6 Å². The van der Waals surface area contributed by atoms with Crippen LogP contribution in [-0.4, -0.2) is 48.9 Å². The van der Waals surface area contributed by atoms with Crippen LogP contribution in [0.15, 0.2) is 23.1 Å². The van der Waals surface area contributed by atoms with Gasteiger partial charge in [0.2, 0.25) is 10.0 Å². The minimum Gasteiger partial charge on any atom is -0.482 e. The maximum absolute atomic E-state index is 12.8. The van der Waals surface area contributed by atoms with Gasteiger partial charge in [-0.25, -0.2) is 8.42 Å². The number of carboxylic acids is 1. The third-order valence-corrected chi connectivity index (χ3v) is 5.52. The average molecular weight is 363 g/mol. The van der Waals surface area contributed by atoms with Gasteiger partial charge < -0.3 is 15.6 Å². The molecule has 0 saturated carbocycles. The summed E-state index contributed by atoms with van der Waals surface area (Å²) in [6, 6.07) is 2.72. The molecular weight excluding hydrogens is 348 g/mol. The third kappa shape index (κ3) is 3.74. The number of nitrogens with two attached hydrogens (primary N) is 1. The zero-order valence-corrected chi connectivity index (χ0v) is 13.5. The summed E-state index contributed by atoms with van der Waals surface area (Å²) in [5.74, 6) is -2.09. The SMILES string of the molecule is NC(=O)COc1ccc(Cl)cc1S(=O)(=O)N1CCC[C@@H]1C(=O)O. The first kappa shape index (κ1) is 17.5. The third-order valence-electron chi connectivity index (χ3n) is 3.35. The lowest BCUT2D eigenvalue weighted by atomic mass is 10.2. The Morgan fingerprint density at radius 2 is 2.13 bits per heavy atom. The van der Waals surface area contributed by atoms with Crippen LogP contribution in [0.2, 0.25) is 5.02 Å². The van der Waals surface area contributed by atoms with Crippen LogP contribution in [0.3, 0.4) is 0 Å². The predicted octanol–water partition coefficient (Wildman–Crippen LogP) is 0.442. The van der Waals surface area contributed by atoms with Crippen LogP contribution in [0.4, 0.5) is 0 Å². The number of halogens is 1. The fraction of sp³-hybridized carbons (Fsp3) is 0.385. The van der Waals surface area contributed by atoms with E-state index in [-0.39, 0.29) is 28.6 Å². The van der Waals surface area contributed by atoms with Gasteiger partial charge >= 0.3 is 5.97 Å². The Bertz CT molecular complexity index is 736. The molecule has 1 amide bonds. The minimum atomic E-state index is -4.14. The standard InChI is InChI=1S/C13H15ClN2O6S/c14-8-3-4-10(22-7-12(15)17)11(6-8)23(20,21)16-5-1-2-9(16)13(18)19/h3-4,6,9H,1-2,5,7H2,(H2,15,17)(H,18,19)/t9-/m1/s1. The van der Waals surface area contributed by atoms with Crippen molar-refractivity contribution < 1.29 is 27.9 Å². The molecule has 10 heteroatoms. The van der Waals surface area contributed by atoms with Gasteiger partial charge in [0.1, 0.15) is 16.7 Å². The molecule has 0 bridgehead atoms. The first-order valence-electron chi connectivity index (χ1n) is 6.69. The molecule has 0 radical (unpaired) electrons. The van der Waals surface area contributed by atoms with E-state index in [1.807, 2.05) is 0 Å². The molecule has 126 valence electrons. The second-order valence-electron chi connectivity index (χ2n) is 4.96. The van der Waals surface area contributed by atoms with Crippen LogP contribution in [-0.2, 0) is 19.6 Å². The van der Waals surface area contributed by atoms with E-state index in [0.29, 0.717) is 6.42 Å². The van der Waals surface area contributed by atoms with Gasteiger partial charge in [-0.15, -0.1) is 0 Å². The molecule has 1 aromatic carbocycles. The molecule has 0 unspecified atom stereocenters. The van der Waals surface area contributed by atoms with E-state index in [1.165, 1.54) is 12.1 Å². The molecule has 1 aromatic rings. The highest BCUT2D eigenvalue weighted by molar-refractivity contribution is 7.89. The highest BCUT2D eigenvalue weighted by atomic mass is 35.5. The summed E-state index contributed by atoms with van der Waals surface area (Å²) in [6.45, 7) is -0.423. The first-order chi connectivity index (χ1) is 10.7. The van der Waals surface area contributed by atoms with E-state index < -0.39 is 34.5 Å². The minimum absolute atomic E-state index is 0.0844. The summed E-state index contributed by atoms with van der Waals surface area (Å²) in [5, 5.41) is 9.31. The van der Waals surface area contributed by atoms with Gasteiger partial charge in [0, 0.05) is 11.6 Å². The molecule has 1 fully saturated rings. The number of carboxylic acid groups (broad SMARTS) is 1. The maximum Gasteiger partial charge on any atom is 0.322 e. The van der Waals surface area contributed by atoms with Crippen molar-refractivity contribution in [2.24, 2.45) is 5.73 Å². The largest absolute Gasteiger partial charge is 0.482 e. The van der Waals surface area contributed by atoms with Crippen molar-refractivity contribution in [3.8, 4) is 5.75 Å².